The third-order valence-corrected chi connectivity index (χ3v) is 5.46. The number of hydrogen-bond acceptors (Lipinski definition) is 4. The van der Waals surface area contributed by atoms with E-state index in [2.05, 4.69) is 15.2 Å². The SMILES string of the molecule is Fc1ccc(CN2CCOc3ccnc(NCC4CCCCC4)c32)cc1F. The number of nitrogens with zero attached hydrogens (tertiary/aromatic N) is 2. The van der Waals surface area contributed by atoms with Gasteiger partial charge < -0.3 is 15.0 Å². The number of benzene rings is 1. The minimum atomic E-state index is -0.822. The highest BCUT2D eigenvalue weighted by Gasteiger charge is 2.24. The van der Waals surface area contributed by atoms with Crippen LogP contribution in [0, 0.1) is 17.6 Å². The summed E-state index contributed by atoms with van der Waals surface area (Å²) in [7, 11) is 0. The van der Waals surface area contributed by atoms with Crippen molar-refractivity contribution < 1.29 is 13.5 Å². The molecule has 1 aliphatic heterocycles. The van der Waals surface area contributed by atoms with E-state index in [1.54, 1.807) is 12.3 Å². The molecule has 1 N–H and O–H groups in total. The van der Waals surface area contributed by atoms with Crippen molar-refractivity contribution >= 4 is 11.5 Å². The predicted octanol–water partition coefficient (Wildman–Crippen LogP) is 4.75. The van der Waals surface area contributed by atoms with E-state index in [-0.39, 0.29) is 0 Å². The molecule has 0 amide bonds. The fraction of sp³-hybridized carbons (Fsp3) is 0.476. The molecule has 2 aliphatic rings. The average molecular weight is 373 g/mol. The van der Waals surface area contributed by atoms with Gasteiger partial charge in [0.25, 0.3) is 0 Å². The lowest BCUT2D eigenvalue weighted by molar-refractivity contribution is 0.306. The fourth-order valence-corrected chi connectivity index (χ4v) is 4.01. The van der Waals surface area contributed by atoms with E-state index < -0.39 is 11.6 Å². The molecule has 0 unspecified atom stereocenters. The van der Waals surface area contributed by atoms with E-state index in [0.717, 1.165) is 29.4 Å². The molecule has 6 heteroatoms. The van der Waals surface area contributed by atoms with Crippen molar-refractivity contribution in [2.75, 3.05) is 29.9 Å². The summed E-state index contributed by atoms with van der Waals surface area (Å²) in [6.45, 7) is 2.62. The first-order chi connectivity index (χ1) is 13.2. The van der Waals surface area contributed by atoms with Gasteiger partial charge in [0.2, 0.25) is 0 Å². The van der Waals surface area contributed by atoms with Crippen molar-refractivity contribution in [2.24, 2.45) is 5.92 Å². The summed E-state index contributed by atoms with van der Waals surface area (Å²) in [5, 5.41) is 3.51. The Morgan fingerprint density at radius 2 is 1.96 bits per heavy atom. The number of pyridine rings is 1. The molecule has 1 aromatic carbocycles. The summed E-state index contributed by atoms with van der Waals surface area (Å²) in [4.78, 5) is 6.66. The van der Waals surface area contributed by atoms with Crippen LogP contribution >= 0.6 is 0 Å². The van der Waals surface area contributed by atoms with Gasteiger partial charge in [0, 0.05) is 25.4 Å². The zero-order chi connectivity index (χ0) is 18.6. The minimum absolute atomic E-state index is 0.483. The molecular weight excluding hydrogens is 348 g/mol. The summed E-state index contributed by atoms with van der Waals surface area (Å²) in [5.41, 5.74) is 1.63. The Balaban J connectivity index is 1.53. The molecule has 4 nitrogen and oxygen atoms in total. The standard InChI is InChI=1S/C21H25F2N3O/c22-17-7-6-16(12-18(17)23)14-26-10-11-27-19-8-9-24-21(20(19)26)25-13-15-4-2-1-3-5-15/h6-9,12,15H,1-5,10-11,13-14H2,(H,24,25). The summed E-state index contributed by atoms with van der Waals surface area (Å²) in [5.74, 6) is 0.631. The molecule has 0 atom stereocenters. The molecule has 2 aromatic rings. The lowest BCUT2D eigenvalue weighted by atomic mass is 9.89. The molecule has 0 spiro atoms. The van der Waals surface area contributed by atoms with Crippen LogP contribution in [0.1, 0.15) is 37.7 Å². The van der Waals surface area contributed by atoms with Crippen molar-refractivity contribution in [1.29, 1.82) is 0 Å². The average Bonchev–Trinajstić information content (AvgIpc) is 2.70. The first-order valence-electron chi connectivity index (χ1n) is 9.75. The van der Waals surface area contributed by atoms with Gasteiger partial charge in [-0.15, -0.1) is 0 Å². The lowest BCUT2D eigenvalue weighted by Gasteiger charge is -2.33. The summed E-state index contributed by atoms with van der Waals surface area (Å²) in [6, 6.07) is 5.92. The molecule has 0 radical (unpaired) electrons. The first kappa shape index (κ1) is 18.0. The number of nitrogens with one attached hydrogen (secondary N) is 1. The van der Waals surface area contributed by atoms with E-state index in [0.29, 0.717) is 25.6 Å². The number of hydrogen-bond donors (Lipinski definition) is 1. The molecule has 2 heterocycles. The molecule has 1 aromatic heterocycles. The quantitative estimate of drug-likeness (QED) is 0.821. The Kier molecular flexibility index (Phi) is 5.41. The molecule has 4 rings (SSSR count). The molecule has 0 saturated heterocycles. The van der Waals surface area contributed by atoms with Crippen LogP contribution < -0.4 is 15.0 Å². The highest BCUT2D eigenvalue weighted by atomic mass is 19.2. The number of halogens is 2. The van der Waals surface area contributed by atoms with Crippen LogP contribution in [-0.4, -0.2) is 24.7 Å². The smallest absolute Gasteiger partial charge is 0.159 e. The number of anilines is 2. The lowest BCUT2D eigenvalue weighted by Crippen LogP contribution is -2.33. The van der Waals surface area contributed by atoms with Crippen LogP contribution in [0.2, 0.25) is 0 Å². The summed E-state index contributed by atoms with van der Waals surface area (Å²) >= 11 is 0. The Bertz CT molecular complexity index is 793. The van der Waals surface area contributed by atoms with Gasteiger partial charge in [-0.25, -0.2) is 13.8 Å². The fourth-order valence-electron chi connectivity index (χ4n) is 4.01. The second-order valence-corrected chi connectivity index (χ2v) is 7.41. The maximum Gasteiger partial charge on any atom is 0.159 e. The highest BCUT2D eigenvalue weighted by Crippen LogP contribution is 2.38. The normalized spacial score (nSPS) is 17.3. The van der Waals surface area contributed by atoms with Crippen LogP contribution in [0.5, 0.6) is 5.75 Å². The van der Waals surface area contributed by atoms with Crippen molar-refractivity contribution in [3.05, 3.63) is 47.7 Å². The number of ether oxygens (including phenoxy) is 1. The molecule has 27 heavy (non-hydrogen) atoms. The number of aromatic nitrogens is 1. The second-order valence-electron chi connectivity index (χ2n) is 7.41. The van der Waals surface area contributed by atoms with E-state index >= 15 is 0 Å². The van der Waals surface area contributed by atoms with Crippen LogP contribution in [0.3, 0.4) is 0 Å². The van der Waals surface area contributed by atoms with Crippen molar-refractivity contribution in [2.45, 2.75) is 38.6 Å². The van der Waals surface area contributed by atoms with Gasteiger partial charge >= 0.3 is 0 Å². The Labute approximate surface area is 158 Å². The van der Waals surface area contributed by atoms with Crippen molar-refractivity contribution in [1.82, 2.24) is 4.98 Å². The largest absolute Gasteiger partial charge is 0.489 e. The summed E-state index contributed by atoms with van der Waals surface area (Å²) in [6.07, 6.45) is 8.22. The van der Waals surface area contributed by atoms with Crippen LogP contribution in [0.25, 0.3) is 0 Å². The van der Waals surface area contributed by atoms with Gasteiger partial charge in [0.15, 0.2) is 17.5 Å². The monoisotopic (exact) mass is 373 g/mol. The molecule has 1 fully saturated rings. The van der Waals surface area contributed by atoms with Gasteiger partial charge in [-0.2, -0.15) is 0 Å². The maximum absolute atomic E-state index is 13.6. The predicted molar refractivity (Wildman–Crippen MR) is 102 cm³/mol. The number of rotatable bonds is 5. The second kappa shape index (κ2) is 8.11. The Morgan fingerprint density at radius 1 is 1.11 bits per heavy atom. The van der Waals surface area contributed by atoms with Gasteiger partial charge in [0.05, 0.1) is 6.54 Å². The molecular formula is C21H25F2N3O. The Morgan fingerprint density at radius 3 is 2.78 bits per heavy atom. The molecule has 1 saturated carbocycles. The van der Waals surface area contributed by atoms with Gasteiger partial charge in [-0.05, 0) is 36.5 Å². The zero-order valence-electron chi connectivity index (χ0n) is 15.4. The van der Waals surface area contributed by atoms with Gasteiger partial charge in [-0.1, -0.05) is 25.3 Å². The third kappa shape index (κ3) is 4.15. The Hall–Kier alpha value is -2.37. The van der Waals surface area contributed by atoms with Gasteiger partial charge in [-0.3, -0.25) is 0 Å². The van der Waals surface area contributed by atoms with E-state index in [4.69, 9.17) is 4.74 Å². The zero-order valence-corrected chi connectivity index (χ0v) is 15.4. The first-order valence-corrected chi connectivity index (χ1v) is 9.75. The highest BCUT2D eigenvalue weighted by molar-refractivity contribution is 5.74. The molecule has 144 valence electrons. The van der Waals surface area contributed by atoms with Crippen molar-refractivity contribution in [3.8, 4) is 5.75 Å². The van der Waals surface area contributed by atoms with E-state index in [9.17, 15) is 8.78 Å². The van der Waals surface area contributed by atoms with Gasteiger partial charge in [0.1, 0.15) is 18.0 Å². The maximum atomic E-state index is 13.6. The molecule has 1 aliphatic carbocycles. The summed E-state index contributed by atoms with van der Waals surface area (Å²) < 4.78 is 32.6. The van der Waals surface area contributed by atoms with Crippen molar-refractivity contribution in [3.63, 3.8) is 0 Å². The van der Waals surface area contributed by atoms with Crippen LogP contribution in [0.4, 0.5) is 20.3 Å². The van der Waals surface area contributed by atoms with Crippen LogP contribution in [0.15, 0.2) is 30.5 Å². The molecule has 0 bridgehead atoms. The minimum Gasteiger partial charge on any atom is -0.489 e. The third-order valence-electron chi connectivity index (χ3n) is 5.46. The topological polar surface area (TPSA) is 37.4 Å². The van der Waals surface area contributed by atoms with E-state index in [1.165, 1.54) is 44.2 Å². The van der Waals surface area contributed by atoms with E-state index in [1.807, 2.05) is 6.07 Å². The van der Waals surface area contributed by atoms with Crippen LogP contribution in [-0.2, 0) is 6.54 Å². The number of fused-ring (bicyclic) bond motifs is 1.